The van der Waals surface area contributed by atoms with E-state index in [1.165, 1.54) is 0 Å². The highest BCUT2D eigenvalue weighted by Crippen LogP contribution is 2.72. The first kappa shape index (κ1) is 17.9. The van der Waals surface area contributed by atoms with Gasteiger partial charge in [0.1, 0.15) is 19.7 Å². The van der Waals surface area contributed by atoms with E-state index >= 15 is 0 Å². The lowest BCUT2D eigenvalue weighted by Gasteiger charge is -2.30. The number of rotatable bonds is 5. The van der Waals surface area contributed by atoms with E-state index < -0.39 is 19.7 Å². The third-order valence-corrected chi connectivity index (χ3v) is 12.1. The Bertz CT molecular complexity index is 868. The van der Waals surface area contributed by atoms with Crippen LogP contribution in [0.2, 0.25) is 0 Å². The molecule has 3 rings (SSSR count). The SMILES string of the molecule is C[P@@](=O)(c1ccccc1)C(c1ccccn1)[P@](C)(=O)c1ccccc1. The first-order valence-corrected chi connectivity index (χ1v) is 12.6. The van der Waals surface area contributed by atoms with Crippen LogP contribution in [0.3, 0.4) is 0 Å². The Labute approximate surface area is 148 Å². The van der Waals surface area contributed by atoms with Gasteiger partial charge in [0.2, 0.25) is 0 Å². The molecule has 0 fully saturated rings. The summed E-state index contributed by atoms with van der Waals surface area (Å²) >= 11 is 0. The third-order valence-electron chi connectivity index (χ3n) is 4.42. The van der Waals surface area contributed by atoms with Crippen molar-refractivity contribution in [2.24, 2.45) is 0 Å². The molecule has 0 radical (unpaired) electrons. The maximum Gasteiger partial charge on any atom is 0.128 e. The predicted octanol–water partition coefficient (Wildman–Crippen LogP) is 4.72. The largest absolute Gasteiger partial charge is 0.318 e. The van der Waals surface area contributed by atoms with E-state index in [9.17, 15) is 9.13 Å². The third kappa shape index (κ3) is 3.54. The second-order valence-electron chi connectivity index (χ2n) is 6.28. The molecule has 3 nitrogen and oxygen atoms in total. The van der Waals surface area contributed by atoms with Crippen LogP contribution >= 0.6 is 14.3 Å². The summed E-state index contributed by atoms with van der Waals surface area (Å²) in [5, 5.41) is 0.804. The molecule has 2 aromatic carbocycles. The van der Waals surface area contributed by atoms with E-state index in [0.29, 0.717) is 5.69 Å². The van der Waals surface area contributed by atoms with Gasteiger partial charge in [-0.05, 0) is 25.5 Å². The maximum absolute atomic E-state index is 13.9. The van der Waals surface area contributed by atoms with Gasteiger partial charge in [-0.25, -0.2) is 0 Å². The predicted molar refractivity (Wildman–Crippen MR) is 106 cm³/mol. The molecule has 1 aromatic heterocycles. The Hall–Kier alpha value is -1.95. The van der Waals surface area contributed by atoms with Crippen molar-refractivity contribution in [2.75, 3.05) is 13.3 Å². The molecule has 1 heterocycles. The highest BCUT2D eigenvalue weighted by atomic mass is 31.2. The van der Waals surface area contributed by atoms with Crippen LogP contribution in [0.4, 0.5) is 0 Å². The summed E-state index contributed by atoms with van der Waals surface area (Å²) in [4.78, 5) is 4.42. The van der Waals surface area contributed by atoms with Gasteiger partial charge < -0.3 is 9.13 Å². The van der Waals surface area contributed by atoms with Crippen LogP contribution in [-0.2, 0) is 9.13 Å². The zero-order valence-electron chi connectivity index (χ0n) is 14.3. The summed E-state index contributed by atoms with van der Waals surface area (Å²) < 4.78 is 27.8. The molecule has 0 saturated heterocycles. The molecule has 0 aliphatic rings. The highest BCUT2D eigenvalue weighted by molar-refractivity contribution is 7.87. The highest BCUT2D eigenvalue weighted by Gasteiger charge is 2.44. The molecule has 128 valence electrons. The minimum absolute atomic E-state index is 0.617. The Morgan fingerprint density at radius 3 is 1.52 bits per heavy atom. The van der Waals surface area contributed by atoms with E-state index in [1.54, 1.807) is 19.5 Å². The van der Waals surface area contributed by atoms with Gasteiger partial charge in [0.05, 0.1) is 5.69 Å². The summed E-state index contributed by atoms with van der Waals surface area (Å²) in [7, 11) is -5.98. The minimum Gasteiger partial charge on any atom is -0.318 e. The van der Waals surface area contributed by atoms with Crippen LogP contribution in [-0.4, -0.2) is 18.3 Å². The smallest absolute Gasteiger partial charge is 0.128 e. The van der Waals surface area contributed by atoms with E-state index in [0.717, 1.165) is 10.6 Å². The Balaban J connectivity index is 2.22. The van der Waals surface area contributed by atoms with Gasteiger partial charge in [-0.3, -0.25) is 4.98 Å². The zero-order valence-corrected chi connectivity index (χ0v) is 16.1. The molecule has 2 atom stereocenters. The number of pyridine rings is 1. The Kier molecular flexibility index (Phi) is 5.08. The van der Waals surface area contributed by atoms with Crippen molar-refractivity contribution >= 4 is 24.9 Å². The number of aromatic nitrogens is 1. The van der Waals surface area contributed by atoms with Crippen LogP contribution in [0.15, 0.2) is 85.1 Å². The lowest BCUT2D eigenvalue weighted by molar-refractivity contribution is 0.571. The first-order valence-electron chi connectivity index (χ1n) is 8.10. The zero-order chi connectivity index (χ0) is 17.9. The molecule has 0 spiro atoms. The van der Waals surface area contributed by atoms with Gasteiger partial charge in [0.15, 0.2) is 0 Å². The second-order valence-corrected chi connectivity index (χ2v) is 12.7. The number of benzene rings is 2. The Morgan fingerprint density at radius 2 is 1.12 bits per heavy atom. The summed E-state index contributed by atoms with van der Waals surface area (Å²) in [6, 6.07) is 24.1. The summed E-state index contributed by atoms with van der Waals surface area (Å²) in [6.45, 7) is 3.45. The normalized spacial score (nSPS) is 16.1. The van der Waals surface area contributed by atoms with Gasteiger partial charge >= 0.3 is 0 Å². The summed E-state index contributed by atoms with van der Waals surface area (Å²) in [5.41, 5.74) is 0.617. The van der Waals surface area contributed by atoms with Crippen molar-refractivity contribution in [3.63, 3.8) is 0 Å². The average molecular weight is 369 g/mol. The van der Waals surface area contributed by atoms with Gasteiger partial charge in [0, 0.05) is 16.8 Å². The van der Waals surface area contributed by atoms with Crippen LogP contribution in [0, 0.1) is 0 Å². The molecule has 0 bridgehead atoms. The maximum atomic E-state index is 13.9. The van der Waals surface area contributed by atoms with Crippen LogP contribution in [0.25, 0.3) is 0 Å². The van der Waals surface area contributed by atoms with Crippen LogP contribution in [0.1, 0.15) is 11.1 Å². The fourth-order valence-corrected chi connectivity index (χ4v) is 10.8. The molecule has 0 aliphatic heterocycles. The standard InChI is InChI=1S/C20H21NO2P2/c1-24(22,17-11-5-3-6-12-17)20(19-15-9-10-16-21-19)25(2,23)18-13-7-4-8-14-18/h3-16,20H,1-2H3/t24-,25-/m1/s1. The fraction of sp³-hybridized carbons (Fsp3) is 0.150. The quantitative estimate of drug-likeness (QED) is 0.612. The van der Waals surface area contributed by atoms with E-state index in [-0.39, 0.29) is 0 Å². The monoisotopic (exact) mass is 369 g/mol. The summed E-state index contributed by atoms with van der Waals surface area (Å²) in [5.74, 6) is 0. The molecular formula is C20H21NO2P2. The van der Waals surface area contributed by atoms with Crippen molar-refractivity contribution < 1.29 is 9.13 Å². The van der Waals surface area contributed by atoms with Gasteiger partial charge in [-0.1, -0.05) is 66.7 Å². The molecular weight excluding hydrogens is 348 g/mol. The second kappa shape index (κ2) is 7.12. The van der Waals surface area contributed by atoms with Gasteiger partial charge in [-0.15, -0.1) is 0 Å². The molecule has 5 heteroatoms. The van der Waals surface area contributed by atoms with Gasteiger partial charge in [0.25, 0.3) is 0 Å². The fourth-order valence-electron chi connectivity index (χ4n) is 3.18. The lowest BCUT2D eigenvalue weighted by atomic mass is 10.4. The number of hydrogen-bond donors (Lipinski definition) is 0. The lowest BCUT2D eigenvalue weighted by Crippen LogP contribution is -2.17. The first-order chi connectivity index (χ1) is 11.9. The van der Waals surface area contributed by atoms with Crippen molar-refractivity contribution in [1.29, 1.82) is 0 Å². The molecule has 0 aliphatic carbocycles. The molecule has 0 N–H and O–H groups in total. The molecule has 3 aromatic rings. The number of nitrogens with zero attached hydrogens (tertiary/aromatic N) is 1. The average Bonchev–Trinajstić information content (AvgIpc) is 2.64. The summed E-state index contributed by atoms with van der Waals surface area (Å²) in [6.07, 6.45) is 1.66. The van der Waals surface area contributed by atoms with Crippen molar-refractivity contribution in [1.82, 2.24) is 4.98 Å². The van der Waals surface area contributed by atoms with E-state index in [1.807, 2.05) is 78.9 Å². The molecule has 0 saturated carbocycles. The van der Waals surface area contributed by atoms with Gasteiger partial charge in [-0.2, -0.15) is 0 Å². The number of hydrogen-bond acceptors (Lipinski definition) is 3. The molecule has 25 heavy (non-hydrogen) atoms. The van der Waals surface area contributed by atoms with Crippen molar-refractivity contribution in [3.8, 4) is 0 Å². The van der Waals surface area contributed by atoms with E-state index in [2.05, 4.69) is 4.98 Å². The molecule has 0 amide bonds. The topological polar surface area (TPSA) is 47.0 Å². The van der Waals surface area contributed by atoms with E-state index in [4.69, 9.17) is 0 Å². The van der Waals surface area contributed by atoms with Crippen molar-refractivity contribution in [3.05, 3.63) is 90.8 Å². The van der Waals surface area contributed by atoms with Crippen LogP contribution in [0.5, 0.6) is 0 Å². The minimum atomic E-state index is -2.99. The van der Waals surface area contributed by atoms with Crippen LogP contribution < -0.4 is 10.6 Å². The van der Waals surface area contributed by atoms with Crippen molar-refractivity contribution in [2.45, 2.75) is 5.40 Å². The molecule has 0 unspecified atom stereocenters. The Morgan fingerprint density at radius 1 is 0.680 bits per heavy atom.